The lowest BCUT2D eigenvalue weighted by Gasteiger charge is -2.20. The van der Waals surface area contributed by atoms with Crippen LogP contribution in [0.25, 0.3) is 5.69 Å². The van der Waals surface area contributed by atoms with Crippen molar-refractivity contribution in [1.82, 2.24) is 9.55 Å². The smallest absolute Gasteiger partial charge is 0.0994 e. The van der Waals surface area contributed by atoms with Gasteiger partial charge in [-0.15, -0.1) is 0 Å². The summed E-state index contributed by atoms with van der Waals surface area (Å²) in [5.41, 5.74) is 10.1. The second kappa shape index (κ2) is 6.41. The number of imidazole rings is 1. The number of nitrogens with two attached hydrogens (primary N) is 1. The zero-order valence-electron chi connectivity index (χ0n) is 12.5. The third kappa shape index (κ3) is 2.87. The number of hydrogen-bond acceptors (Lipinski definition) is 3. The Morgan fingerprint density at radius 2 is 2.29 bits per heavy atom. The summed E-state index contributed by atoms with van der Waals surface area (Å²) in [5.74, 6) is 0.388. The molecule has 1 saturated heterocycles. The summed E-state index contributed by atoms with van der Waals surface area (Å²) in [6.45, 7) is 3.77. The van der Waals surface area contributed by atoms with Gasteiger partial charge in [-0.2, -0.15) is 0 Å². The molecule has 1 aliphatic heterocycles. The van der Waals surface area contributed by atoms with Gasteiger partial charge >= 0.3 is 0 Å². The summed E-state index contributed by atoms with van der Waals surface area (Å²) in [4.78, 5) is 4.33. The summed E-state index contributed by atoms with van der Waals surface area (Å²) in [6, 6.07) is 8.48. The first-order chi connectivity index (χ1) is 10.3. The Bertz CT molecular complexity index is 587. The van der Waals surface area contributed by atoms with Crippen molar-refractivity contribution in [2.24, 2.45) is 11.7 Å². The highest BCUT2D eigenvalue weighted by Gasteiger charge is 2.26. The number of benzene rings is 1. The van der Waals surface area contributed by atoms with Crippen molar-refractivity contribution < 1.29 is 4.74 Å². The molecule has 1 aliphatic rings. The van der Waals surface area contributed by atoms with Crippen molar-refractivity contribution in [2.45, 2.75) is 32.2 Å². The molecule has 0 bridgehead atoms. The predicted molar refractivity (Wildman–Crippen MR) is 83.4 cm³/mol. The lowest BCUT2D eigenvalue weighted by molar-refractivity contribution is 0.180. The molecule has 0 spiro atoms. The fourth-order valence-electron chi connectivity index (χ4n) is 3.06. The first-order valence-electron chi connectivity index (χ1n) is 7.75. The predicted octanol–water partition coefficient (Wildman–Crippen LogP) is 2.86. The van der Waals surface area contributed by atoms with E-state index in [1.54, 1.807) is 0 Å². The van der Waals surface area contributed by atoms with Crippen LogP contribution in [0.2, 0.25) is 0 Å². The first kappa shape index (κ1) is 14.3. The van der Waals surface area contributed by atoms with Gasteiger partial charge in [-0.25, -0.2) is 4.98 Å². The van der Waals surface area contributed by atoms with E-state index in [1.807, 2.05) is 12.5 Å². The van der Waals surface area contributed by atoms with Crippen molar-refractivity contribution in [3.05, 3.63) is 48.0 Å². The van der Waals surface area contributed by atoms with E-state index in [9.17, 15) is 0 Å². The Morgan fingerprint density at radius 3 is 3.05 bits per heavy atom. The van der Waals surface area contributed by atoms with Crippen molar-refractivity contribution in [2.75, 3.05) is 13.2 Å². The topological polar surface area (TPSA) is 53.1 Å². The van der Waals surface area contributed by atoms with E-state index in [0.29, 0.717) is 5.92 Å². The standard InChI is InChI=1S/C17H23N3O/c1-2-5-13-6-3-4-7-15(13)20-12-19-10-16(20)17(18)14-8-9-21-11-14/h3-4,6-7,10,12,14,17H,2,5,8-9,11,18H2,1H3. The average Bonchev–Trinajstić information content (AvgIpc) is 3.19. The summed E-state index contributed by atoms with van der Waals surface area (Å²) in [7, 11) is 0. The Balaban J connectivity index is 1.95. The second-order valence-electron chi connectivity index (χ2n) is 5.72. The van der Waals surface area contributed by atoms with Gasteiger partial charge in [0.1, 0.15) is 0 Å². The SMILES string of the molecule is CCCc1ccccc1-n1cncc1C(N)C1CCOC1. The average molecular weight is 285 g/mol. The van der Waals surface area contributed by atoms with Gasteiger partial charge in [0.15, 0.2) is 0 Å². The molecule has 0 radical (unpaired) electrons. The third-order valence-electron chi connectivity index (χ3n) is 4.25. The van der Waals surface area contributed by atoms with Gasteiger partial charge in [-0.3, -0.25) is 0 Å². The van der Waals surface area contributed by atoms with Crippen molar-refractivity contribution >= 4 is 0 Å². The number of aromatic nitrogens is 2. The van der Waals surface area contributed by atoms with E-state index in [0.717, 1.165) is 38.2 Å². The molecule has 2 N–H and O–H groups in total. The molecule has 1 aromatic heterocycles. The molecule has 2 aromatic rings. The van der Waals surface area contributed by atoms with Crippen LogP contribution in [0.15, 0.2) is 36.8 Å². The summed E-state index contributed by atoms with van der Waals surface area (Å²) in [6.07, 6.45) is 6.99. The number of ether oxygens (including phenoxy) is 1. The minimum atomic E-state index is -0.0234. The van der Waals surface area contributed by atoms with Crippen LogP contribution >= 0.6 is 0 Å². The Morgan fingerprint density at radius 1 is 1.43 bits per heavy atom. The molecule has 4 nitrogen and oxygen atoms in total. The van der Waals surface area contributed by atoms with Crippen molar-refractivity contribution in [3.8, 4) is 5.69 Å². The molecule has 2 heterocycles. The van der Waals surface area contributed by atoms with Crippen molar-refractivity contribution in [1.29, 1.82) is 0 Å². The van der Waals surface area contributed by atoms with E-state index in [4.69, 9.17) is 10.5 Å². The minimum Gasteiger partial charge on any atom is -0.381 e. The summed E-state index contributed by atoms with van der Waals surface area (Å²) in [5, 5.41) is 0. The van der Waals surface area contributed by atoms with Gasteiger partial charge in [0.05, 0.1) is 36.6 Å². The zero-order chi connectivity index (χ0) is 14.7. The van der Waals surface area contributed by atoms with Crippen LogP contribution in [0.5, 0.6) is 0 Å². The van der Waals surface area contributed by atoms with Gasteiger partial charge in [0.25, 0.3) is 0 Å². The van der Waals surface area contributed by atoms with E-state index in [1.165, 1.54) is 11.3 Å². The molecule has 0 aliphatic carbocycles. The number of aryl methyl sites for hydroxylation is 1. The maximum atomic E-state index is 6.47. The van der Waals surface area contributed by atoms with Gasteiger partial charge in [0, 0.05) is 12.5 Å². The Hall–Kier alpha value is -1.65. The highest BCUT2D eigenvalue weighted by atomic mass is 16.5. The molecule has 3 rings (SSSR count). The van der Waals surface area contributed by atoms with Gasteiger partial charge in [-0.05, 0) is 24.5 Å². The Labute approximate surface area is 125 Å². The third-order valence-corrected chi connectivity index (χ3v) is 4.25. The first-order valence-corrected chi connectivity index (χ1v) is 7.75. The number of para-hydroxylation sites is 1. The highest BCUT2D eigenvalue weighted by molar-refractivity contribution is 5.43. The molecule has 1 aromatic carbocycles. The number of rotatable bonds is 5. The largest absolute Gasteiger partial charge is 0.381 e. The summed E-state index contributed by atoms with van der Waals surface area (Å²) >= 11 is 0. The molecule has 0 amide bonds. The van der Waals surface area contributed by atoms with Crippen LogP contribution in [0.1, 0.15) is 37.1 Å². The van der Waals surface area contributed by atoms with Gasteiger partial charge in [-0.1, -0.05) is 31.5 Å². The fourth-order valence-corrected chi connectivity index (χ4v) is 3.06. The van der Waals surface area contributed by atoms with Crippen LogP contribution in [0.4, 0.5) is 0 Å². The molecule has 21 heavy (non-hydrogen) atoms. The lowest BCUT2D eigenvalue weighted by Crippen LogP contribution is -2.24. The second-order valence-corrected chi connectivity index (χ2v) is 5.72. The molecular weight excluding hydrogens is 262 g/mol. The molecular formula is C17H23N3O. The lowest BCUT2D eigenvalue weighted by atomic mass is 9.97. The van der Waals surface area contributed by atoms with Crippen molar-refractivity contribution in [3.63, 3.8) is 0 Å². The highest BCUT2D eigenvalue weighted by Crippen LogP contribution is 2.29. The molecule has 1 fully saturated rings. The monoisotopic (exact) mass is 285 g/mol. The molecule has 2 atom stereocenters. The number of nitrogens with zero attached hydrogens (tertiary/aromatic N) is 2. The maximum Gasteiger partial charge on any atom is 0.0994 e. The van der Waals surface area contributed by atoms with E-state index in [-0.39, 0.29) is 6.04 Å². The molecule has 4 heteroatoms. The van der Waals surface area contributed by atoms with E-state index in [2.05, 4.69) is 40.7 Å². The van der Waals surface area contributed by atoms with Gasteiger partial charge in [0.2, 0.25) is 0 Å². The fraction of sp³-hybridized carbons (Fsp3) is 0.471. The van der Waals surface area contributed by atoms with Crippen LogP contribution in [0.3, 0.4) is 0 Å². The van der Waals surface area contributed by atoms with Crippen LogP contribution in [0, 0.1) is 5.92 Å². The summed E-state index contributed by atoms with van der Waals surface area (Å²) < 4.78 is 7.62. The number of hydrogen-bond donors (Lipinski definition) is 1. The quantitative estimate of drug-likeness (QED) is 0.919. The maximum absolute atomic E-state index is 6.47. The molecule has 0 saturated carbocycles. The Kier molecular flexibility index (Phi) is 4.36. The van der Waals surface area contributed by atoms with Gasteiger partial charge < -0.3 is 15.0 Å². The van der Waals surface area contributed by atoms with E-state index >= 15 is 0 Å². The molecule has 2 unspecified atom stereocenters. The van der Waals surface area contributed by atoms with E-state index < -0.39 is 0 Å². The van der Waals surface area contributed by atoms with Crippen LogP contribution < -0.4 is 5.73 Å². The normalized spacial score (nSPS) is 19.8. The zero-order valence-corrected chi connectivity index (χ0v) is 12.5. The molecule has 112 valence electrons. The van der Waals surface area contributed by atoms with Crippen LogP contribution in [-0.2, 0) is 11.2 Å². The minimum absolute atomic E-state index is 0.0234. The van der Waals surface area contributed by atoms with Crippen LogP contribution in [-0.4, -0.2) is 22.8 Å².